The monoisotopic (exact) mass is 339 g/mol. The van der Waals surface area contributed by atoms with E-state index in [0.717, 1.165) is 31.5 Å². The van der Waals surface area contributed by atoms with Crippen molar-refractivity contribution >= 4 is 24.0 Å². The topological polar surface area (TPSA) is 91.8 Å². The van der Waals surface area contributed by atoms with Gasteiger partial charge in [0.1, 0.15) is 5.82 Å². The number of hydrogen-bond donors (Lipinski definition) is 3. The minimum Gasteiger partial charge on any atom is -0.354 e. The van der Waals surface area contributed by atoms with Crippen LogP contribution in [0.3, 0.4) is 0 Å². The van der Waals surface area contributed by atoms with E-state index in [-0.39, 0.29) is 30.3 Å². The molecule has 1 fully saturated rings. The molecule has 0 unspecified atom stereocenters. The van der Waals surface area contributed by atoms with Crippen LogP contribution >= 0.6 is 12.2 Å². The second-order valence-electron chi connectivity index (χ2n) is 6.21. The van der Waals surface area contributed by atoms with Crippen molar-refractivity contribution in [3.05, 3.63) is 10.6 Å². The molecule has 0 aromatic carbocycles. The highest BCUT2D eigenvalue weighted by atomic mass is 32.1. The van der Waals surface area contributed by atoms with Crippen molar-refractivity contribution in [1.82, 2.24) is 25.4 Å². The Morgan fingerprint density at radius 2 is 2.04 bits per heavy atom. The summed E-state index contributed by atoms with van der Waals surface area (Å²) >= 11 is 5.18. The molecule has 8 heteroatoms. The maximum Gasteiger partial charge on any atom is 0.239 e. The van der Waals surface area contributed by atoms with E-state index in [9.17, 15) is 9.59 Å². The Morgan fingerprint density at radius 3 is 2.70 bits per heavy atom. The third-order valence-corrected chi connectivity index (χ3v) is 4.40. The minimum absolute atomic E-state index is 0.00153. The molecule has 2 amide bonds. The molecule has 1 aromatic rings. The zero-order chi connectivity index (χ0) is 16.8. The molecule has 1 heterocycles. The number of rotatable bonds is 7. The summed E-state index contributed by atoms with van der Waals surface area (Å²) in [4.78, 5) is 23.6. The molecule has 1 aliphatic rings. The van der Waals surface area contributed by atoms with Gasteiger partial charge >= 0.3 is 0 Å². The second kappa shape index (κ2) is 8.24. The van der Waals surface area contributed by atoms with Gasteiger partial charge in [0.15, 0.2) is 4.77 Å². The molecule has 0 bridgehead atoms. The number of aromatic amines is 1. The molecular weight excluding hydrogens is 314 g/mol. The molecular formula is C15H25N5O2S. The quantitative estimate of drug-likeness (QED) is 0.656. The van der Waals surface area contributed by atoms with Crippen molar-refractivity contribution in [3.63, 3.8) is 0 Å². The first kappa shape index (κ1) is 17.7. The Hall–Kier alpha value is -1.70. The average molecular weight is 339 g/mol. The maximum absolute atomic E-state index is 11.8. The lowest BCUT2D eigenvalue weighted by molar-refractivity contribution is -0.128. The summed E-state index contributed by atoms with van der Waals surface area (Å²) in [5.41, 5.74) is 0. The Kier molecular flexibility index (Phi) is 6.32. The van der Waals surface area contributed by atoms with Gasteiger partial charge in [0, 0.05) is 24.9 Å². The summed E-state index contributed by atoms with van der Waals surface area (Å²) in [5, 5.41) is 12.5. The van der Waals surface area contributed by atoms with Crippen LogP contribution in [0.4, 0.5) is 0 Å². The number of carbonyl (C=O) groups excluding carboxylic acids is 2. The summed E-state index contributed by atoms with van der Waals surface area (Å²) in [6, 6.07) is 0.220. The average Bonchev–Trinajstić information content (AvgIpc) is 3.14. The molecule has 0 spiro atoms. The van der Waals surface area contributed by atoms with Gasteiger partial charge < -0.3 is 15.2 Å². The predicted molar refractivity (Wildman–Crippen MR) is 89.5 cm³/mol. The number of nitrogens with zero attached hydrogens (tertiary/aromatic N) is 2. The van der Waals surface area contributed by atoms with Crippen LogP contribution in [0.25, 0.3) is 0 Å². The largest absolute Gasteiger partial charge is 0.354 e. The van der Waals surface area contributed by atoms with E-state index in [1.807, 2.05) is 18.4 Å². The maximum atomic E-state index is 11.8. The van der Waals surface area contributed by atoms with Gasteiger partial charge in [-0.3, -0.25) is 14.7 Å². The van der Waals surface area contributed by atoms with Crippen molar-refractivity contribution in [2.24, 2.45) is 5.92 Å². The summed E-state index contributed by atoms with van der Waals surface area (Å²) in [5.74, 6) is 0.725. The van der Waals surface area contributed by atoms with Crippen LogP contribution in [-0.4, -0.2) is 39.7 Å². The fourth-order valence-electron chi connectivity index (χ4n) is 2.92. The van der Waals surface area contributed by atoms with Gasteiger partial charge in [0.25, 0.3) is 0 Å². The van der Waals surface area contributed by atoms with Gasteiger partial charge in [0.05, 0.1) is 6.54 Å². The molecule has 0 atom stereocenters. The number of amides is 2. The van der Waals surface area contributed by atoms with Crippen LogP contribution in [0.5, 0.6) is 0 Å². The van der Waals surface area contributed by atoms with Crippen LogP contribution in [-0.2, 0) is 16.0 Å². The SMILES string of the molecule is CC(C)n1c(CCNC(=O)CNC(=O)C2CCCC2)n[nH]c1=S. The van der Waals surface area contributed by atoms with E-state index in [1.54, 1.807) is 0 Å². The molecule has 128 valence electrons. The van der Waals surface area contributed by atoms with E-state index in [4.69, 9.17) is 12.2 Å². The van der Waals surface area contributed by atoms with Crippen LogP contribution < -0.4 is 10.6 Å². The van der Waals surface area contributed by atoms with E-state index in [2.05, 4.69) is 20.8 Å². The molecule has 2 rings (SSSR count). The van der Waals surface area contributed by atoms with Crippen molar-refractivity contribution in [3.8, 4) is 0 Å². The number of carbonyl (C=O) groups is 2. The normalized spacial score (nSPS) is 15.1. The molecule has 3 N–H and O–H groups in total. The van der Waals surface area contributed by atoms with E-state index in [0.29, 0.717) is 17.7 Å². The zero-order valence-corrected chi connectivity index (χ0v) is 14.5. The fourth-order valence-corrected chi connectivity index (χ4v) is 3.28. The number of hydrogen-bond acceptors (Lipinski definition) is 4. The fraction of sp³-hybridized carbons (Fsp3) is 0.733. The van der Waals surface area contributed by atoms with Gasteiger partial charge in [-0.2, -0.15) is 5.10 Å². The van der Waals surface area contributed by atoms with E-state index in [1.165, 1.54) is 0 Å². The number of nitrogens with one attached hydrogen (secondary N) is 3. The number of H-pyrrole nitrogens is 1. The lowest BCUT2D eigenvalue weighted by Crippen LogP contribution is -2.39. The predicted octanol–water partition coefficient (Wildman–Crippen LogP) is 1.49. The number of aromatic nitrogens is 3. The van der Waals surface area contributed by atoms with Crippen LogP contribution in [0, 0.1) is 10.7 Å². The van der Waals surface area contributed by atoms with Gasteiger partial charge in [0.2, 0.25) is 11.8 Å². The van der Waals surface area contributed by atoms with Gasteiger partial charge in [-0.1, -0.05) is 12.8 Å². The Morgan fingerprint density at radius 1 is 1.35 bits per heavy atom. The second-order valence-corrected chi connectivity index (χ2v) is 6.59. The molecule has 0 saturated heterocycles. The first-order valence-electron chi connectivity index (χ1n) is 8.19. The Bertz CT molecular complexity index is 601. The standard InChI is InChI=1S/C15H25N5O2S/c1-10(2)20-12(18-19-15(20)23)7-8-16-13(21)9-17-14(22)11-5-3-4-6-11/h10-11H,3-9H2,1-2H3,(H,16,21)(H,17,22)(H,19,23). The Labute approximate surface area is 141 Å². The van der Waals surface area contributed by atoms with Crippen molar-refractivity contribution in [2.45, 2.75) is 52.0 Å². The Balaban J connectivity index is 1.70. The minimum atomic E-state index is -0.179. The van der Waals surface area contributed by atoms with Crippen molar-refractivity contribution in [1.29, 1.82) is 0 Å². The molecule has 23 heavy (non-hydrogen) atoms. The summed E-state index contributed by atoms with van der Waals surface area (Å²) < 4.78 is 2.52. The van der Waals surface area contributed by atoms with Crippen LogP contribution in [0.2, 0.25) is 0 Å². The third kappa shape index (κ3) is 4.89. The highest BCUT2D eigenvalue weighted by molar-refractivity contribution is 7.71. The van der Waals surface area contributed by atoms with E-state index >= 15 is 0 Å². The smallest absolute Gasteiger partial charge is 0.239 e. The lowest BCUT2D eigenvalue weighted by Gasteiger charge is -2.12. The van der Waals surface area contributed by atoms with Gasteiger partial charge in [-0.15, -0.1) is 0 Å². The molecule has 1 aromatic heterocycles. The van der Waals surface area contributed by atoms with Crippen LogP contribution in [0.15, 0.2) is 0 Å². The van der Waals surface area contributed by atoms with E-state index < -0.39 is 0 Å². The molecule has 7 nitrogen and oxygen atoms in total. The first-order chi connectivity index (χ1) is 11.0. The molecule has 0 aliphatic heterocycles. The molecule has 0 radical (unpaired) electrons. The molecule has 1 aliphatic carbocycles. The third-order valence-electron chi connectivity index (χ3n) is 4.11. The van der Waals surface area contributed by atoms with Crippen LogP contribution in [0.1, 0.15) is 51.4 Å². The van der Waals surface area contributed by atoms with Gasteiger partial charge in [-0.25, -0.2) is 0 Å². The lowest BCUT2D eigenvalue weighted by atomic mass is 10.1. The van der Waals surface area contributed by atoms with Gasteiger partial charge in [-0.05, 0) is 38.9 Å². The highest BCUT2D eigenvalue weighted by Crippen LogP contribution is 2.24. The first-order valence-corrected chi connectivity index (χ1v) is 8.60. The summed E-state index contributed by atoms with van der Waals surface area (Å²) in [6.07, 6.45) is 4.67. The zero-order valence-electron chi connectivity index (χ0n) is 13.7. The van der Waals surface area contributed by atoms with Crippen molar-refractivity contribution in [2.75, 3.05) is 13.1 Å². The molecule has 1 saturated carbocycles. The summed E-state index contributed by atoms with van der Waals surface area (Å²) in [7, 11) is 0. The van der Waals surface area contributed by atoms with Crippen molar-refractivity contribution < 1.29 is 9.59 Å². The highest BCUT2D eigenvalue weighted by Gasteiger charge is 2.22. The summed E-state index contributed by atoms with van der Waals surface area (Å²) in [6.45, 7) is 4.56.